The minimum absolute atomic E-state index is 0.367. The molecule has 1 aliphatic heterocycles. The van der Waals surface area contributed by atoms with Gasteiger partial charge in [0.15, 0.2) is 0 Å². The van der Waals surface area contributed by atoms with Crippen LogP contribution in [0.2, 0.25) is 0 Å². The van der Waals surface area contributed by atoms with Gasteiger partial charge in [-0.05, 0) is 56.8 Å². The number of nitrogens with one attached hydrogen (secondary N) is 1. The highest BCUT2D eigenvalue weighted by Crippen LogP contribution is 2.20. The molecule has 1 N–H and O–H groups in total. The Bertz CT molecular complexity index is 631. The van der Waals surface area contributed by atoms with E-state index in [9.17, 15) is 4.79 Å². The molecule has 1 aliphatic rings. The number of H-pyrrole nitrogens is 1. The number of hydrogen-bond acceptors (Lipinski definition) is 6. The zero-order valence-electron chi connectivity index (χ0n) is 12.5. The first-order valence-corrected chi connectivity index (χ1v) is 8.67. The molecule has 0 radical (unpaired) electrons. The lowest BCUT2D eigenvalue weighted by atomic mass is 10.1. The van der Waals surface area contributed by atoms with Gasteiger partial charge in [-0.3, -0.25) is 14.5 Å². The van der Waals surface area contributed by atoms with E-state index in [0.717, 1.165) is 10.6 Å². The largest absolute Gasteiger partial charge is 0.439 e. The molecule has 0 amide bonds. The van der Waals surface area contributed by atoms with Gasteiger partial charge >= 0.3 is 5.76 Å². The Balaban J connectivity index is 1.44. The Kier molecular flexibility index (Phi) is 5.29. The summed E-state index contributed by atoms with van der Waals surface area (Å²) in [5.74, 6) is 0.901. The van der Waals surface area contributed by atoms with E-state index in [4.69, 9.17) is 0 Å². The summed E-state index contributed by atoms with van der Waals surface area (Å²) in [4.78, 5) is 21.4. The van der Waals surface area contributed by atoms with Crippen LogP contribution >= 0.6 is 11.8 Å². The third-order valence-corrected chi connectivity index (χ3v) is 4.82. The van der Waals surface area contributed by atoms with Gasteiger partial charge in [-0.15, -0.1) is 11.8 Å². The van der Waals surface area contributed by atoms with Crippen molar-refractivity contribution in [2.75, 3.05) is 25.4 Å². The topological polar surface area (TPSA) is 75.0 Å². The standard InChI is InChI=1S/C15H20N4O2S/c20-15-17-14(18-21-15)13-6-5-12(11-16-13)22-10-4-9-19-7-2-1-3-8-19/h5-6,11H,1-4,7-10H2,(H,17,18,20). The molecule has 2 aromatic heterocycles. The summed E-state index contributed by atoms with van der Waals surface area (Å²) in [6.45, 7) is 3.71. The highest BCUT2D eigenvalue weighted by molar-refractivity contribution is 7.99. The maximum absolute atomic E-state index is 10.9. The van der Waals surface area contributed by atoms with Crippen LogP contribution in [0.5, 0.6) is 0 Å². The van der Waals surface area contributed by atoms with Gasteiger partial charge in [-0.2, -0.15) is 0 Å². The minimum atomic E-state index is -0.562. The molecule has 22 heavy (non-hydrogen) atoms. The molecule has 118 valence electrons. The summed E-state index contributed by atoms with van der Waals surface area (Å²) < 4.78 is 4.48. The second-order valence-electron chi connectivity index (χ2n) is 5.43. The van der Waals surface area contributed by atoms with Gasteiger partial charge in [0, 0.05) is 11.1 Å². The molecule has 1 fully saturated rings. The first-order valence-electron chi connectivity index (χ1n) is 7.69. The van der Waals surface area contributed by atoms with E-state index in [1.54, 1.807) is 0 Å². The number of pyridine rings is 1. The van der Waals surface area contributed by atoms with Crippen molar-refractivity contribution in [2.24, 2.45) is 0 Å². The van der Waals surface area contributed by atoms with Crippen LogP contribution in [0.25, 0.3) is 11.5 Å². The number of piperidine rings is 1. The Morgan fingerprint density at radius 2 is 2.14 bits per heavy atom. The summed E-state index contributed by atoms with van der Waals surface area (Å²) in [6, 6.07) is 3.85. The molecule has 0 aromatic carbocycles. The molecule has 3 heterocycles. The quantitative estimate of drug-likeness (QED) is 0.651. The van der Waals surface area contributed by atoms with E-state index in [-0.39, 0.29) is 0 Å². The van der Waals surface area contributed by atoms with Crippen LogP contribution in [0.1, 0.15) is 25.7 Å². The summed E-state index contributed by atoms with van der Waals surface area (Å²) in [5, 5.41) is 3.62. The van der Waals surface area contributed by atoms with E-state index < -0.39 is 5.76 Å². The summed E-state index contributed by atoms with van der Waals surface area (Å²) >= 11 is 1.81. The fourth-order valence-electron chi connectivity index (χ4n) is 2.61. The summed E-state index contributed by atoms with van der Waals surface area (Å²) in [6.07, 6.45) is 7.10. The highest BCUT2D eigenvalue weighted by Gasteiger charge is 2.09. The smallest absolute Gasteiger partial charge is 0.303 e. The Hall–Kier alpha value is -1.60. The van der Waals surface area contributed by atoms with Gasteiger partial charge in [0.25, 0.3) is 0 Å². The molecule has 0 aliphatic carbocycles. The maximum atomic E-state index is 10.9. The van der Waals surface area contributed by atoms with Gasteiger partial charge in [0.1, 0.15) is 5.69 Å². The third-order valence-electron chi connectivity index (χ3n) is 3.76. The van der Waals surface area contributed by atoms with Crippen LogP contribution in [-0.4, -0.2) is 45.4 Å². The predicted octanol–water partition coefficient (Wildman–Crippen LogP) is 2.39. The SMILES string of the molecule is O=c1[nH]c(-c2ccc(SCCCN3CCCCC3)cn2)no1. The first-order chi connectivity index (χ1) is 10.8. The fourth-order valence-corrected chi connectivity index (χ4v) is 3.41. The lowest BCUT2D eigenvalue weighted by Gasteiger charge is -2.26. The summed E-state index contributed by atoms with van der Waals surface area (Å²) in [7, 11) is 0. The zero-order valence-corrected chi connectivity index (χ0v) is 13.3. The Morgan fingerprint density at radius 3 is 2.82 bits per heavy atom. The van der Waals surface area contributed by atoms with Crippen molar-refractivity contribution in [1.82, 2.24) is 20.0 Å². The molecular formula is C15H20N4O2S. The number of rotatable bonds is 6. The van der Waals surface area contributed by atoms with Gasteiger partial charge in [-0.25, -0.2) is 4.79 Å². The van der Waals surface area contributed by atoms with Crippen LogP contribution in [0.3, 0.4) is 0 Å². The average molecular weight is 320 g/mol. The van der Waals surface area contributed by atoms with Crippen LogP contribution in [0.4, 0.5) is 0 Å². The lowest BCUT2D eigenvalue weighted by Crippen LogP contribution is -2.30. The van der Waals surface area contributed by atoms with Crippen molar-refractivity contribution in [3.63, 3.8) is 0 Å². The molecule has 3 rings (SSSR count). The third kappa shape index (κ3) is 4.20. The number of aromatic nitrogens is 3. The maximum Gasteiger partial charge on any atom is 0.439 e. The van der Waals surface area contributed by atoms with Gasteiger partial charge in [0.2, 0.25) is 5.82 Å². The number of hydrogen-bond donors (Lipinski definition) is 1. The monoisotopic (exact) mass is 320 g/mol. The molecule has 0 spiro atoms. The van der Waals surface area contributed by atoms with E-state index in [1.165, 1.54) is 45.3 Å². The van der Waals surface area contributed by atoms with E-state index in [2.05, 4.69) is 24.5 Å². The second kappa shape index (κ2) is 7.60. The van der Waals surface area contributed by atoms with Crippen LogP contribution in [0.15, 0.2) is 32.5 Å². The van der Waals surface area contributed by atoms with Crippen molar-refractivity contribution in [3.8, 4) is 11.5 Å². The zero-order chi connectivity index (χ0) is 15.2. The van der Waals surface area contributed by atoms with E-state index in [1.807, 2.05) is 30.1 Å². The Morgan fingerprint density at radius 1 is 1.27 bits per heavy atom. The van der Waals surface area contributed by atoms with Crippen LogP contribution < -0.4 is 5.76 Å². The molecule has 1 saturated heterocycles. The van der Waals surface area contributed by atoms with E-state index in [0.29, 0.717) is 11.5 Å². The second-order valence-corrected chi connectivity index (χ2v) is 6.60. The molecule has 0 saturated carbocycles. The van der Waals surface area contributed by atoms with Crippen molar-refractivity contribution < 1.29 is 4.52 Å². The minimum Gasteiger partial charge on any atom is -0.303 e. The fraction of sp³-hybridized carbons (Fsp3) is 0.533. The van der Waals surface area contributed by atoms with Crippen molar-refractivity contribution in [3.05, 3.63) is 28.9 Å². The number of nitrogens with zero attached hydrogens (tertiary/aromatic N) is 3. The van der Waals surface area contributed by atoms with Crippen LogP contribution in [0, 0.1) is 0 Å². The molecule has 6 nitrogen and oxygen atoms in total. The normalized spacial score (nSPS) is 16.0. The summed E-state index contributed by atoms with van der Waals surface area (Å²) in [5.41, 5.74) is 0.614. The first kappa shape index (κ1) is 15.3. The molecule has 0 bridgehead atoms. The lowest BCUT2D eigenvalue weighted by molar-refractivity contribution is 0.230. The Labute approximate surface area is 133 Å². The molecule has 2 aromatic rings. The number of thioether (sulfide) groups is 1. The van der Waals surface area contributed by atoms with Crippen molar-refractivity contribution in [2.45, 2.75) is 30.6 Å². The number of likely N-dealkylation sites (tertiary alicyclic amines) is 1. The van der Waals surface area contributed by atoms with Crippen LogP contribution in [-0.2, 0) is 0 Å². The molecule has 0 unspecified atom stereocenters. The van der Waals surface area contributed by atoms with Crippen molar-refractivity contribution >= 4 is 11.8 Å². The molecular weight excluding hydrogens is 300 g/mol. The van der Waals surface area contributed by atoms with Gasteiger partial charge in [-0.1, -0.05) is 11.6 Å². The van der Waals surface area contributed by atoms with Crippen molar-refractivity contribution in [1.29, 1.82) is 0 Å². The van der Waals surface area contributed by atoms with E-state index >= 15 is 0 Å². The number of aromatic amines is 1. The van der Waals surface area contributed by atoms with Gasteiger partial charge in [0.05, 0.1) is 0 Å². The molecule has 0 atom stereocenters. The predicted molar refractivity (Wildman–Crippen MR) is 86.0 cm³/mol. The average Bonchev–Trinajstić information content (AvgIpc) is 3.00. The highest BCUT2D eigenvalue weighted by atomic mass is 32.2. The molecule has 7 heteroatoms. The van der Waals surface area contributed by atoms with Gasteiger partial charge < -0.3 is 4.90 Å².